The van der Waals surface area contributed by atoms with Crippen LogP contribution in [0.2, 0.25) is 0 Å². The SMILES string of the molecule is OCC1(CN2CCCC2)CC1. The van der Waals surface area contributed by atoms with Gasteiger partial charge in [-0.15, -0.1) is 0 Å². The van der Waals surface area contributed by atoms with Crippen molar-refractivity contribution in [3.8, 4) is 0 Å². The Labute approximate surface area is 68.2 Å². The lowest BCUT2D eigenvalue weighted by molar-refractivity contribution is 0.164. The Hall–Kier alpha value is -0.0800. The van der Waals surface area contributed by atoms with Crippen LogP contribution in [0.3, 0.4) is 0 Å². The molecule has 0 unspecified atom stereocenters. The van der Waals surface area contributed by atoms with Gasteiger partial charge in [0.2, 0.25) is 0 Å². The van der Waals surface area contributed by atoms with E-state index in [0.29, 0.717) is 12.0 Å². The number of rotatable bonds is 3. The molecule has 2 nitrogen and oxygen atoms in total. The molecule has 11 heavy (non-hydrogen) atoms. The number of aliphatic hydroxyl groups is 1. The second-order valence-electron chi connectivity index (χ2n) is 4.14. The lowest BCUT2D eigenvalue weighted by Gasteiger charge is -2.20. The molecule has 0 amide bonds. The first-order chi connectivity index (χ1) is 5.35. The molecule has 0 spiro atoms. The molecule has 2 rings (SSSR count). The second-order valence-corrected chi connectivity index (χ2v) is 4.14. The minimum Gasteiger partial charge on any atom is -0.396 e. The second kappa shape index (κ2) is 2.76. The van der Waals surface area contributed by atoms with Crippen LogP contribution in [-0.2, 0) is 0 Å². The summed E-state index contributed by atoms with van der Waals surface area (Å²) in [7, 11) is 0. The van der Waals surface area contributed by atoms with Crippen LogP contribution in [0.25, 0.3) is 0 Å². The van der Waals surface area contributed by atoms with Gasteiger partial charge < -0.3 is 10.0 Å². The van der Waals surface area contributed by atoms with Gasteiger partial charge in [-0.2, -0.15) is 0 Å². The molecular formula is C9H17NO. The van der Waals surface area contributed by atoms with Gasteiger partial charge >= 0.3 is 0 Å². The van der Waals surface area contributed by atoms with Crippen LogP contribution in [0.4, 0.5) is 0 Å². The van der Waals surface area contributed by atoms with E-state index < -0.39 is 0 Å². The van der Waals surface area contributed by atoms with Crippen LogP contribution < -0.4 is 0 Å². The highest BCUT2D eigenvalue weighted by molar-refractivity contribution is 4.95. The van der Waals surface area contributed by atoms with E-state index in [4.69, 9.17) is 5.11 Å². The third kappa shape index (κ3) is 1.57. The highest BCUT2D eigenvalue weighted by Gasteiger charge is 2.43. The van der Waals surface area contributed by atoms with Crippen molar-refractivity contribution in [3.63, 3.8) is 0 Å². The summed E-state index contributed by atoms with van der Waals surface area (Å²) in [6.07, 6.45) is 5.23. The molecule has 1 aliphatic heterocycles. The Morgan fingerprint density at radius 3 is 2.27 bits per heavy atom. The first-order valence-electron chi connectivity index (χ1n) is 4.68. The quantitative estimate of drug-likeness (QED) is 0.653. The first kappa shape index (κ1) is 7.56. The minimum absolute atomic E-state index is 0.338. The standard InChI is InChI=1S/C9H17NO/c11-8-9(3-4-9)7-10-5-1-2-6-10/h11H,1-8H2. The average molecular weight is 155 g/mol. The molecule has 2 fully saturated rings. The monoisotopic (exact) mass is 155 g/mol. The van der Waals surface area contributed by atoms with E-state index in [1.54, 1.807) is 0 Å². The van der Waals surface area contributed by atoms with Crippen molar-refractivity contribution in [1.82, 2.24) is 4.90 Å². The molecule has 0 atom stereocenters. The Bertz CT molecular complexity index is 136. The highest BCUT2D eigenvalue weighted by Crippen LogP contribution is 2.45. The van der Waals surface area contributed by atoms with E-state index in [-0.39, 0.29) is 0 Å². The Morgan fingerprint density at radius 2 is 1.82 bits per heavy atom. The normalized spacial score (nSPS) is 29.2. The number of likely N-dealkylation sites (tertiary alicyclic amines) is 1. The van der Waals surface area contributed by atoms with Gasteiger partial charge in [-0.25, -0.2) is 0 Å². The molecule has 64 valence electrons. The van der Waals surface area contributed by atoms with Crippen molar-refractivity contribution in [3.05, 3.63) is 0 Å². The summed E-state index contributed by atoms with van der Waals surface area (Å²) in [5.41, 5.74) is 0.338. The van der Waals surface area contributed by atoms with E-state index in [9.17, 15) is 0 Å². The van der Waals surface area contributed by atoms with Crippen molar-refractivity contribution in [2.45, 2.75) is 25.7 Å². The molecular weight excluding hydrogens is 138 g/mol. The fraction of sp³-hybridized carbons (Fsp3) is 1.00. The number of aliphatic hydroxyl groups excluding tert-OH is 1. The van der Waals surface area contributed by atoms with Crippen LogP contribution in [-0.4, -0.2) is 36.2 Å². The molecule has 2 aliphatic rings. The summed E-state index contributed by atoms with van der Waals surface area (Å²) >= 11 is 0. The van der Waals surface area contributed by atoms with Gasteiger partial charge in [0.1, 0.15) is 0 Å². The van der Waals surface area contributed by atoms with Gasteiger partial charge in [-0.05, 0) is 38.8 Å². The zero-order valence-electron chi connectivity index (χ0n) is 7.05. The Balaban J connectivity index is 1.80. The molecule has 0 radical (unpaired) electrons. The topological polar surface area (TPSA) is 23.5 Å². The number of hydrogen-bond acceptors (Lipinski definition) is 2. The van der Waals surface area contributed by atoms with Crippen LogP contribution in [0.15, 0.2) is 0 Å². The lowest BCUT2D eigenvalue weighted by Crippen LogP contribution is -2.29. The first-order valence-corrected chi connectivity index (χ1v) is 4.68. The zero-order valence-corrected chi connectivity index (χ0v) is 7.05. The maximum Gasteiger partial charge on any atom is 0.0499 e. The summed E-state index contributed by atoms with van der Waals surface area (Å²) in [6.45, 7) is 4.09. The van der Waals surface area contributed by atoms with Crippen LogP contribution >= 0.6 is 0 Å². The van der Waals surface area contributed by atoms with E-state index in [1.165, 1.54) is 38.8 Å². The van der Waals surface area contributed by atoms with Crippen LogP contribution in [0.5, 0.6) is 0 Å². The molecule has 1 aliphatic carbocycles. The van der Waals surface area contributed by atoms with Gasteiger partial charge in [0.25, 0.3) is 0 Å². The van der Waals surface area contributed by atoms with Crippen LogP contribution in [0, 0.1) is 5.41 Å². The molecule has 2 heteroatoms. The fourth-order valence-electron chi connectivity index (χ4n) is 1.96. The molecule has 1 saturated carbocycles. The van der Waals surface area contributed by atoms with Gasteiger partial charge in [0.05, 0.1) is 0 Å². The fourth-order valence-corrected chi connectivity index (χ4v) is 1.96. The van der Waals surface area contributed by atoms with Crippen molar-refractivity contribution in [2.75, 3.05) is 26.2 Å². The summed E-state index contributed by atoms with van der Waals surface area (Å²) in [5, 5.41) is 9.09. The van der Waals surface area contributed by atoms with Crippen molar-refractivity contribution >= 4 is 0 Å². The molecule has 0 aromatic heterocycles. The third-order valence-corrected chi connectivity index (χ3v) is 3.05. The maximum atomic E-state index is 9.09. The third-order valence-electron chi connectivity index (χ3n) is 3.05. The lowest BCUT2D eigenvalue weighted by atomic mass is 10.1. The summed E-state index contributed by atoms with van der Waals surface area (Å²) in [5.74, 6) is 0. The average Bonchev–Trinajstić information content (AvgIpc) is 2.59. The van der Waals surface area contributed by atoms with Gasteiger partial charge in [-0.3, -0.25) is 0 Å². The van der Waals surface area contributed by atoms with Gasteiger partial charge in [-0.1, -0.05) is 0 Å². The Morgan fingerprint density at radius 1 is 1.18 bits per heavy atom. The smallest absolute Gasteiger partial charge is 0.0499 e. The van der Waals surface area contributed by atoms with Crippen molar-refractivity contribution in [1.29, 1.82) is 0 Å². The van der Waals surface area contributed by atoms with Crippen molar-refractivity contribution < 1.29 is 5.11 Å². The molecule has 1 saturated heterocycles. The predicted octanol–water partition coefficient (Wildman–Crippen LogP) is 0.855. The minimum atomic E-state index is 0.338. The van der Waals surface area contributed by atoms with Gasteiger partial charge in [0, 0.05) is 18.6 Å². The highest BCUT2D eigenvalue weighted by atomic mass is 16.3. The molecule has 1 heterocycles. The van der Waals surface area contributed by atoms with E-state index >= 15 is 0 Å². The van der Waals surface area contributed by atoms with Gasteiger partial charge in [0.15, 0.2) is 0 Å². The van der Waals surface area contributed by atoms with E-state index in [0.717, 1.165) is 6.54 Å². The Kier molecular flexibility index (Phi) is 1.90. The summed E-state index contributed by atoms with van der Waals surface area (Å²) in [6, 6.07) is 0. The van der Waals surface area contributed by atoms with Crippen LogP contribution in [0.1, 0.15) is 25.7 Å². The predicted molar refractivity (Wildman–Crippen MR) is 44.4 cm³/mol. The molecule has 1 N–H and O–H groups in total. The molecule has 0 aromatic rings. The maximum absolute atomic E-state index is 9.09. The van der Waals surface area contributed by atoms with Crippen molar-refractivity contribution in [2.24, 2.45) is 5.41 Å². The number of nitrogens with zero attached hydrogens (tertiary/aromatic N) is 1. The molecule has 0 aromatic carbocycles. The largest absolute Gasteiger partial charge is 0.396 e. The summed E-state index contributed by atoms with van der Waals surface area (Å²) < 4.78 is 0. The van der Waals surface area contributed by atoms with E-state index in [1.807, 2.05) is 0 Å². The molecule has 0 bridgehead atoms. The van der Waals surface area contributed by atoms with E-state index in [2.05, 4.69) is 4.90 Å². The summed E-state index contributed by atoms with van der Waals surface area (Å²) in [4.78, 5) is 2.50. The zero-order chi connectivity index (χ0) is 7.73. The number of hydrogen-bond donors (Lipinski definition) is 1.